The van der Waals surface area contributed by atoms with E-state index in [0.717, 1.165) is 13.1 Å². The largest absolute Gasteiger partial charge is 0.476 e. The number of piperidine rings is 1. The fraction of sp³-hybridized carbons (Fsp3) is 0.923. The van der Waals surface area contributed by atoms with Crippen molar-refractivity contribution in [3.63, 3.8) is 0 Å². The maximum absolute atomic E-state index is 7.83. The standard InChI is InChI=1S/C13H27N3OS/c1-15(2)9-6-13(14)17-12(11-18)10-16-7-4-3-5-8-16/h12,14,18H,3-11H2,1-2H3. The number of thiol groups is 1. The van der Waals surface area contributed by atoms with E-state index in [4.69, 9.17) is 10.1 Å². The molecule has 0 saturated carbocycles. The molecule has 1 saturated heterocycles. The van der Waals surface area contributed by atoms with E-state index in [1.54, 1.807) is 0 Å². The van der Waals surface area contributed by atoms with Crippen molar-refractivity contribution in [2.75, 3.05) is 46.0 Å². The van der Waals surface area contributed by atoms with Crippen LogP contribution in [0.2, 0.25) is 0 Å². The van der Waals surface area contributed by atoms with E-state index in [2.05, 4.69) is 22.4 Å². The maximum Gasteiger partial charge on any atom is 0.182 e. The van der Waals surface area contributed by atoms with Crippen molar-refractivity contribution in [3.8, 4) is 0 Å². The first-order chi connectivity index (χ1) is 8.61. The van der Waals surface area contributed by atoms with Crippen LogP contribution in [0.25, 0.3) is 0 Å². The first-order valence-corrected chi connectivity index (χ1v) is 7.47. The van der Waals surface area contributed by atoms with E-state index < -0.39 is 0 Å². The highest BCUT2D eigenvalue weighted by Crippen LogP contribution is 2.11. The van der Waals surface area contributed by atoms with Gasteiger partial charge in [-0.2, -0.15) is 12.6 Å². The second-order valence-corrected chi connectivity index (χ2v) is 5.63. The zero-order valence-electron chi connectivity index (χ0n) is 11.7. The average molecular weight is 273 g/mol. The number of nitrogens with one attached hydrogen (secondary N) is 1. The van der Waals surface area contributed by atoms with Crippen molar-refractivity contribution >= 4 is 18.5 Å². The first kappa shape index (κ1) is 15.8. The Labute approximate surface area is 117 Å². The first-order valence-electron chi connectivity index (χ1n) is 6.84. The Morgan fingerprint density at radius 3 is 2.56 bits per heavy atom. The van der Waals surface area contributed by atoms with Gasteiger partial charge in [-0.1, -0.05) is 6.42 Å². The van der Waals surface area contributed by atoms with Crippen LogP contribution in [-0.2, 0) is 4.74 Å². The SMILES string of the molecule is CN(C)CCC(=N)OC(CS)CN1CCCCC1. The summed E-state index contributed by atoms with van der Waals surface area (Å²) >= 11 is 4.34. The summed E-state index contributed by atoms with van der Waals surface area (Å²) in [6, 6.07) is 0. The molecule has 1 aliphatic heterocycles. The monoisotopic (exact) mass is 273 g/mol. The third-order valence-electron chi connectivity index (χ3n) is 3.21. The fourth-order valence-electron chi connectivity index (χ4n) is 2.15. The molecule has 0 bridgehead atoms. The Morgan fingerprint density at radius 1 is 1.33 bits per heavy atom. The number of ether oxygens (including phenoxy) is 1. The molecule has 5 heteroatoms. The molecule has 0 aromatic heterocycles. The van der Waals surface area contributed by atoms with E-state index in [9.17, 15) is 0 Å². The predicted molar refractivity (Wildman–Crippen MR) is 79.9 cm³/mol. The summed E-state index contributed by atoms with van der Waals surface area (Å²) in [5.41, 5.74) is 0. The highest BCUT2D eigenvalue weighted by Gasteiger charge is 2.17. The van der Waals surface area contributed by atoms with Crippen molar-refractivity contribution in [2.45, 2.75) is 31.8 Å². The van der Waals surface area contributed by atoms with Crippen LogP contribution in [0.3, 0.4) is 0 Å². The summed E-state index contributed by atoms with van der Waals surface area (Å²) < 4.78 is 5.69. The number of nitrogens with zero attached hydrogens (tertiary/aromatic N) is 2. The number of likely N-dealkylation sites (tertiary alicyclic amines) is 1. The second-order valence-electron chi connectivity index (χ2n) is 5.26. The van der Waals surface area contributed by atoms with E-state index in [0.29, 0.717) is 18.1 Å². The fourth-order valence-corrected chi connectivity index (χ4v) is 2.34. The zero-order valence-corrected chi connectivity index (χ0v) is 12.6. The Morgan fingerprint density at radius 2 is 2.00 bits per heavy atom. The summed E-state index contributed by atoms with van der Waals surface area (Å²) in [5, 5.41) is 7.83. The molecule has 18 heavy (non-hydrogen) atoms. The van der Waals surface area contributed by atoms with E-state index in [1.807, 2.05) is 14.1 Å². The van der Waals surface area contributed by atoms with Gasteiger partial charge in [-0.15, -0.1) is 0 Å². The van der Waals surface area contributed by atoms with Crippen molar-refractivity contribution < 1.29 is 4.74 Å². The van der Waals surface area contributed by atoms with Crippen LogP contribution in [0.5, 0.6) is 0 Å². The minimum absolute atomic E-state index is 0.0566. The molecule has 1 atom stereocenters. The quantitative estimate of drug-likeness (QED) is 0.421. The van der Waals surface area contributed by atoms with Crippen LogP contribution in [0.1, 0.15) is 25.7 Å². The van der Waals surface area contributed by atoms with Gasteiger partial charge in [0.25, 0.3) is 0 Å². The maximum atomic E-state index is 7.83. The molecule has 0 spiro atoms. The van der Waals surface area contributed by atoms with Gasteiger partial charge >= 0.3 is 0 Å². The van der Waals surface area contributed by atoms with Gasteiger partial charge in [-0.05, 0) is 40.0 Å². The molecule has 4 nitrogen and oxygen atoms in total. The van der Waals surface area contributed by atoms with Gasteiger partial charge in [0.2, 0.25) is 0 Å². The predicted octanol–water partition coefficient (Wildman–Crippen LogP) is 1.72. The van der Waals surface area contributed by atoms with Gasteiger partial charge in [0, 0.05) is 25.3 Å². The smallest absolute Gasteiger partial charge is 0.182 e. The Bertz CT molecular complexity index is 242. The van der Waals surface area contributed by atoms with Gasteiger partial charge < -0.3 is 9.64 Å². The van der Waals surface area contributed by atoms with Crippen LogP contribution in [0.15, 0.2) is 0 Å². The molecule has 106 valence electrons. The summed E-state index contributed by atoms with van der Waals surface area (Å²) in [6.07, 6.45) is 4.66. The minimum atomic E-state index is 0.0566. The van der Waals surface area contributed by atoms with Crippen molar-refractivity contribution in [1.82, 2.24) is 9.80 Å². The normalized spacial score (nSPS) is 18.9. The zero-order chi connectivity index (χ0) is 13.4. The summed E-state index contributed by atoms with van der Waals surface area (Å²) in [7, 11) is 4.02. The van der Waals surface area contributed by atoms with Gasteiger partial charge in [-0.25, -0.2) is 0 Å². The van der Waals surface area contributed by atoms with Crippen molar-refractivity contribution in [3.05, 3.63) is 0 Å². The molecule has 1 N–H and O–H groups in total. The molecule has 0 radical (unpaired) electrons. The van der Waals surface area contributed by atoms with E-state index >= 15 is 0 Å². The summed E-state index contributed by atoms with van der Waals surface area (Å²) in [5.74, 6) is 1.07. The Hall–Kier alpha value is -0.260. The number of rotatable bonds is 7. The van der Waals surface area contributed by atoms with Gasteiger partial charge in [0.1, 0.15) is 6.10 Å². The lowest BCUT2D eigenvalue weighted by Gasteiger charge is -2.30. The molecule has 0 aromatic carbocycles. The summed E-state index contributed by atoms with van der Waals surface area (Å²) in [4.78, 5) is 4.50. The lowest BCUT2D eigenvalue weighted by atomic mass is 10.1. The highest BCUT2D eigenvalue weighted by molar-refractivity contribution is 7.80. The van der Waals surface area contributed by atoms with Gasteiger partial charge in [0.15, 0.2) is 5.90 Å². The molecule has 1 heterocycles. The lowest BCUT2D eigenvalue weighted by molar-refractivity contribution is 0.121. The van der Waals surface area contributed by atoms with Gasteiger partial charge in [0.05, 0.1) is 0 Å². The second kappa shape index (κ2) is 8.77. The van der Waals surface area contributed by atoms with Crippen molar-refractivity contribution in [1.29, 1.82) is 5.41 Å². The minimum Gasteiger partial charge on any atom is -0.476 e. The molecular weight excluding hydrogens is 246 g/mol. The molecule has 0 aromatic rings. The molecular formula is C13H27N3OS. The third kappa shape index (κ3) is 6.61. The van der Waals surface area contributed by atoms with Crippen LogP contribution in [-0.4, -0.2) is 67.8 Å². The third-order valence-corrected chi connectivity index (χ3v) is 3.62. The van der Waals surface area contributed by atoms with Crippen LogP contribution >= 0.6 is 12.6 Å². The number of hydrogen-bond acceptors (Lipinski definition) is 5. The van der Waals surface area contributed by atoms with E-state index in [-0.39, 0.29) is 6.10 Å². The molecule has 0 aliphatic carbocycles. The number of hydrogen-bond donors (Lipinski definition) is 2. The molecule has 1 unspecified atom stereocenters. The van der Waals surface area contributed by atoms with Gasteiger partial charge in [-0.3, -0.25) is 10.3 Å². The molecule has 1 fully saturated rings. The topological polar surface area (TPSA) is 39.6 Å². The van der Waals surface area contributed by atoms with Crippen LogP contribution in [0.4, 0.5) is 0 Å². The Balaban J connectivity index is 2.25. The molecule has 1 rings (SSSR count). The average Bonchev–Trinajstić information content (AvgIpc) is 2.37. The van der Waals surface area contributed by atoms with E-state index in [1.165, 1.54) is 32.4 Å². The highest BCUT2D eigenvalue weighted by atomic mass is 32.1. The van der Waals surface area contributed by atoms with Crippen LogP contribution in [0, 0.1) is 5.41 Å². The lowest BCUT2D eigenvalue weighted by Crippen LogP contribution is -2.39. The molecule has 1 aliphatic rings. The van der Waals surface area contributed by atoms with Crippen molar-refractivity contribution in [2.24, 2.45) is 0 Å². The van der Waals surface area contributed by atoms with Crippen LogP contribution < -0.4 is 0 Å². The Kier molecular flexibility index (Phi) is 7.70. The molecule has 0 amide bonds. The summed E-state index contributed by atoms with van der Waals surface area (Å²) in [6.45, 7) is 4.10.